The van der Waals surface area contributed by atoms with Gasteiger partial charge in [0, 0.05) is 18.0 Å². The average Bonchev–Trinajstić information content (AvgIpc) is 2.24. The first kappa shape index (κ1) is 15.7. The lowest BCUT2D eigenvalue weighted by Crippen LogP contribution is -2.18. The Morgan fingerprint density at radius 2 is 1.63 bits per heavy atom. The second-order valence-corrected chi connectivity index (χ2v) is 3.99. The Balaban J connectivity index is 2.93. The van der Waals surface area contributed by atoms with Crippen LogP contribution < -0.4 is 5.73 Å². The predicted octanol–water partition coefficient (Wildman–Crippen LogP) is 4.19. The molecule has 1 nitrogen and oxygen atoms in total. The van der Waals surface area contributed by atoms with E-state index in [0.717, 1.165) is 0 Å². The molecule has 1 aromatic carbocycles. The summed E-state index contributed by atoms with van der Waals surface area (Å²) in [6, 6.07) is 0.0565. The van der Waals surface area contributed by atoms with Gasteiger partial charge in [0.15, 0.2) is 0 Å². The predicted molar refractivity (Wildman–Crippen MR) is 53.6 cm³/mol. The summed E-state index contributed by atoms with van der Waals surface area (Å²) < 4.78 is 86.4. The molecule has 0 aliphatic carbocycles. The van der Waals surface area contributed by atoms with Crippen LogP contribution in [0, 0.1) is 5.82 Å². The maximum absolute atomic E-state index is 13.3. The van der Waals surface area contributed by atoms with E-state index in [1.54, 1.807) is 0 Å². The Morgan fingerprint density at radius 1 is 1.05 bits per heavy atom. The number of halogens is 7. The van der Waals surface area contributed by atoms with E-state index in [2.05, 4.69) is 0 Å². The third-order valence-electron chi connectivity index (χ3n) is 2.46. The van der Waals surface area contributed by atoms with Crippen LogP contribution in [0.1, 0.15) is 30.0 Å². The maximum Gasteiger partial charge on any atom is 0.416 e. The topological polar surface area (TPSA) is 26.0 Å². The van der Waals surface area contributed by atoms with Gasteiger partial charge in [0.2, 0.25) is 0 Å². The molecule has 0 spiro atoms. The summed E-state index contributed by atoms with van der Waals surface area (Å²) >= 11 is 0. The SMILES string of the molecule is N[C@@H](CCC(F)(F)F)c1cc(C(F)(F)F)ccc1F. The van der Waals surface area contributed by atoms with Gasteiger partial charge in [-0.05, 0) is 24.6 Å². The molecule has 0 aliphatic rings. The highest BCUT2D eigenvalue weighted by Crippen LogP contribution is 2.33. The summed E-state index contributed by atoms with van der Waals surface area (Å²) in [4.78, 5) is 0. The molecule has 0 saturated carbocycles. The molecule has 0 fully saturated rings. The van der Waals surface area contributed by atoms with Crippen molar-refractivity contribution in [3.05, 3.63) is 35.1 Å². The van der Waals surface area contributed by atoms with E-state index in [1.807, 2.05) is 0 Å². The van der Waals surface area contributed by atoms with E-state index >= 15 is 0 Å². The molecule has 0 saturated heterocycles. The van der Waals surface area contributed by atoms with Crippen LogP contribution in [-0.4, -0.2) is 6.18 Å². The smallest absolute Gasteiger partial charge is 0.324 e. The van der Waals surface area contributed by atoms with Crippen LogP contribution >= 0.6 is 0 Å². The van der Waals surface area contributed by atoms with Crippen molar-refractivity contribution in [2.45, 2.75) is 31.2 Å². The molecule has 1 rings (SSSR count). The van der Waals surface area contributed by atoms with Crippen molar-refractivity contribution in [3.63, 3.8) is 0 Å². The molecule has 19 heavy (non-hydrogen) atoms. The van der Waals surface area contributed by atoms with Crippen molar-refractivity contribution in [2.24, 2.45) is 5.73 Å². The molecule has 1 aromatic rings. The highest BCUT2D eigenvalue weighted by molar-refractivity contribution is 5.29. The van der Waals surface area contributed by atoms with Gasteiger partial charge >= 0.3 is 12.4 Å². The fraction of sp³-hybridized carbons (Fsp3) is 0.455. The quantitative estimate of drug-likeness (QED) is 0.830. The number of nitrogens with two attached hydrogens (primary N) is 1. The Kier molecular flexibility index (Phi) is 4.44. The van der Waals surface area contributed by atoms with E-state index in [9.17, 15) is 30.7 Å². The van der Waals surface area contributed by atoms with Crippen LogP contribution in [0.15, 0.2) is 18.2 Å². The zero-order valence-electron chi connectivity index (χ0n) is 9.45. The molecule has 0 aliphatic heterocycles. The van der Waals surface area contributed by atoms with Gasteiger partial charge in [-0.15, -0.1) is 0 Å². The Labute approximate surface area is 104 Å². The summed E-state index contributed by atoms with van der Waals surface area (Å²) in [6.45, 7) is 0. The van der Waals surface area contributed by atoms with Crippen LogP contribution in [0.5, 0.6) is 0 Å². The lowest BCUT2D eigenvalue weighted by molar-refractivity contribution is -0.138. The molecule has 0 amide bonds. The van der Waals surface area contributed by atoms with Crippen LogP contribution in [0.25, 0.3) is 0 Å². The van der Waals surface area contributed by atoms with Gasteiger partial charge < -0.3 is 5.73 Å². The van der Waals surface area contributed by atoms with E-state index < -0.39 is 48.2 Å². The summed E-state index contributed by atoms with van der Waals surface area (Å²) in [5.41, 5.74) is 3.59. The van der Waals surface area contributed by atoms with Crippen molar-refractivity contribution >= 4 is 0 Å². The molecule has 8 heteroatoms. The van der Waals surface area contributed by atoms with Crippen LogP contribution in [0.3, 0.4) is 0 Å². The molecule has 0 radical (unpaired) electrons. The van der Waals surface area contributed by atoms with E-state index in [4.69, 9.17) is 5.73 Å². The van der Waals surface area contributed by atoms with Crippen LogP contribution in [0.2, 0.25) is 0 Å². The zero-order valence-corrected chi connectivity index (χ0v) is 9.45. The summed E-state index contributed by atoms with van der Waals surface area (Å²) in [5.74, 6) is -1.05. The van der Waals surface area contributed by atoms with E-state index in [0.29, 0.717) is 18.2 Å². The summed E-state index contributed by atoms with van der Waals surface area (Å²) in [5, 5.41) is 0. The van der Waals surface area contributed by atoms with Gasteiger partial charge in [-0.2, -0.15) is 26.3 Å². The summed E-state index contributed by atoms with van der Waals surface area (Å²) in [6.07, 6.45) is -11.2. The standard InChI is InChI=1S/C11H10F7N/c12-8-2-1-6(11(16,17)18)5-7(8)9(19)3-4-10(13,14)15/h1-2,5,9H,3-4,19H2/t9-/m0/s1. The highest BCUT2D eigenvalue weighted by atomic mass is 19.4. The van der Waals surface area contributed by atoms with Gasteiger partial charge in [-0.3, -0.25) is 0 Å². The van der Waals surface area contributed by atoms with Crippen LogP contribution in [-0.2, 0) is 6.18 Å². The fourth-order valence-electron chi connectivity index (χ4n) is 1.48. The van der Waals surface area contributed by atoms with Gasteiger partial charge in [0.1, 0.15) is 5.82 Å². The Hall–Kier alpha value is -1.31. The first-order chi connectivity index (χ1) is 8.50. The fourth-order valence-corrected chi connectivity index (χ4v) is 1.48. The molecule has 0 aromatic heterocycles. The molecular formula is C11H10F7N. The minimum atomic E-state index is -4.70. The largest absolute Gasteiger partial charge is 0.416 e. The minimum Gasteiger partial charge on any atom is -0.324 e. The maximum atomic E-state index is 13.3. The number of hydrogen-bond acceptors (Lipinski definition) is 1. The normalized spacial score (nSPS) is 14.5. The third kappa shape index (κ3) is 4.70. The van der Waals surface area contributed by atoms with Gasteiger partial charge in [-0.25, -0.2) is 4.39 Å². The van der Waals surface area contributed by atoms with Gasteiger partial charge in [0.05, 0.1) is 5.56 Å². The van der Waals surface area contributed by atoms with Crippen molar-refractivity contribution in [1.82, 2.24) is 0 Å². The Morgan fingerprint density at radius 3 is 2.11 bits per heavy atom. The minimum absolute atomic E-state index is 0.441. The molecule has 108 valence electrons. The number of alkyl halides is 6. The lowest BCUT2D eigenvalue weighted by Gasteiger charge is -2.16. The summed E-state index contributed by atoms with van der Waals surface area (Å²) in [7, 11) is 0. The number of benzene rings is 1. The Bertz CT molecular complexity index is 436. The monoisotopic (exact) mass is 289 g/mol. The van der Waals surface area contributed by atoms with E-state index in [-0.39, 0.29) is 0 Å². The molecule has 2 N–H and O–H groups in total. The second-order valence-electron chi connectivity index (χ2n) is 3.99. The molecule has 0 heterocycles. The van der Waals surface area contributed by atoms with Crippen molar-refractivity contribution in [3.8, 4) is 0 Å². The van der Waals surface area contributed by atoms with Crippen molar-refractivity contribution < 1.29 is 30.7 Å². The first-order valence-electron chi connectivity index (χ1n) is 5.19. The molecular weight excluding hydrogens is 279 g/mol. The lowest BCUT2D eigenvalue weighted by atomic mass is 9.99. The molecule has 1 atom stereocenters. The van der Waals surface area contributed by atoms with Crippen LogP contribution in [0.4, 0.5) is 30.7 Å². The van der Waals surface area contributed by atoms with Gasteiger partial charge in [-0.1, -0.05) is 0 Å². The average molecular weight is 289 g/mol. The molecule has 0 unspecified atom stereocenters. The zero-order chi connectivity index (χ0) is 14.8. The van der Waals surface area contributed by atoms with E-state index in [1.165, 1.54) is 0 Å². The first-order valence-corrected chi connectivity index (χ1v) is 5.19. The third-order valence-corrected chi connectivity index (χ3v) is 2.46. The van der Waals surface area contributed by atoms with Crippen molar-refractivity contribution in [1.29, 1.82) is 0 Å². The van der Waals surface area contributed by atoms with Gasteiger partial charge in [0.25, 0.3) is 0 Å². The molecule has 0 bridgehead atoms. The number of hydrogen-bond donors (Lipinski definition) is 1. The second kappa shape index (κ2) is 5.36. The number of rotatable bonds is 3. The highest BCUT2D eigenvalue weighted by Gasteiger charge is 2.32. The van der Waals surface area contributed by atoms with Crippen molar-refractivity contribution in [2.75, 3.05) is 0 Å².